The van der Waals surface area contributed by atoms with Crippen molar-refractivity contribution in [1.82, 2.24) is 15.1 Å². The number of nitro benzene ring substituents is 1. The summed E-state index contributed by atoms with van der Waals surface area (Å²) in [5.74, 6) is -0.703. The molecule has 1 aliphatic heterocycles. The number of benzene rings is 1. The summed E-state index contributed by atoms with van der Waals surface area (Å²) in [4.78, 5) is 24.7. The fourth-order valence-electron chi connectivity index (χ4n) is 3.33. The van der Waals surface area contributed by atoms with Gasteiger partial charge in [-0.2, -0.15) is 5.10 Å². The number of nitrogens with one attached hydrogen (secondary N) is 1. The molecule has 126 valence electrons. The van der Waals surface area contributed by atoms with Gasteiger partial charge in [0, 0.05) is 23.9 Å². The number of likely N-dealkylation sites (tertiary alicyclic amines) is 1. The minimum Gasteiger partial charge on any atom is -0.507 e. The maximum Gasteiger partial charge on any atom is 0.273 e. The summed E-state index contributed by atoms with van der Waals surface area (Å²) in [5, 5.41) is 27.9. The monoisotopic (exact) mass is 330 g/mol. The van der Waals surface area contributed by atoms with Gasteiger partial charge in [-0.3, -0.25) is 20.0 Å². The predicted octanol–water partition coefficient (Wildman–Crippen LogP) is 2.62. The quantitative estimate of drug-likeness (QED) is 0.663. The molecule has 0 spiro atoms. The number of amides is 1. The summed E-state index contributed by atoms with van der Waals surface area (Å²) in [7, 11) is 0. The summed E-state index contributed by atoms with van der Waals surface area (Å²) in [5.41, 5.74) is 2.60. The first-order chi connectivity index (χ1) is 11.4. The van der Waals surface area contributed by atoms with Crippen molar-refractivity contribution in [2.45, 2.75) is 32.7 Å². The SMILES string of the molecule is Cc1n[nH]c(C)c1C1CCCN1C(=O)c1ccc([N+](=O)[O-])cc1O. The number of carbonyl (C=O) groups is 1. The Bertz CT molecular complexity index is 795. The van der Waals surface area contributed by atoms with E-state index in [-0.39, 0.29) is 28.9 Å². The molecule has 3 rings (SSSR count). The molecule has 1 amide bonds. The first-order valence-electron chi connectivity index (χ1n) is 7.70. The number of H-pyrrole nitrogens is 1. The van der Waals surface area contributed by atoms with E-state index in [9.17, 15) is 20.0 Å². The third kappa shape index (κ3) is 2.60. The number of rotatable bonds is 3. The van der Waals surface area contributed by atoms with E-state index in [1.54, 1.807) is 4.90 Å². The van der Waals surface area contributed by atoms with Crippen LogP contribution in [0.25, 0.3) is 0 Å². The molecule has 0 aliphatic carbocycles. The maximum absolute atomic E-state index is 12.8. The van der Waals surface area contributed by atoms with Gasteiger partial charge in [-0.25, -0.2) is 0 Å². The van der Waals surface area contributed by atoms with Crippen LogP contribution in [0.2, 0.25) is 0 Å². The van der Waals surface area contributed by atoms with E-state index in [4.69, 9.17) is 0 Å². The van der Waals surface area contributed by atoms with E-state index >= 15 is 0 Å². The Labute approximate surface area is 138 Å². The minimum atomic E-state index is -0.606. The van der Waals surface area contributed by atoms with Crippen LogP contribution in [0.3, 0.4) is 0 Å². The van der Waals surface area contributed by atoms with Crippen LogP contribution >= 0.6 is 0 Å². The van der Waals surface area contributed by atoms with Gasteiger partial charge in [0.25, 0.3) is 11.6 Å². The van der Waals surface area contributed by atoms with Crippen molar-refractivity contribution < 1.29 is 14.8 Å². The molecule has 24 heavy (non-hydrogen) atoms. The number of non-ortho nitro benzene ring substituents is 1. The van der Waals surface area contributed by atoms with Gasteiger partial charge in [0.15, 0.2) is 0 Å². The number of aromatic hydroxyl groups is 1. The number of phenols is 1. The second-order valence-electron chi connectivity index (χ2n) is 5.96. The number of hydrogen-bond acceptors (Lipinski definition) is 5. The van der Waals surface area contributed by atoms with Crippen LogP contribution in [0.5, 0.6) is 5.75 Å². The second-order valence-corrected chi connectivity index (χ2v) is 5.96. The molecule has 1 aromatic carbocycles. The van der Waals surface area contributed by atoms with Crippen molar-refractivity contribution in [1.29, 1.82) is 0 Å². The molecule has 1 fully saturated rings. The molecule has 8 nitrogen and oxygen atoms in total. The van der Waals surface area contributed by atoms with Crippen LogP contribution in [0.4, 0.5) is 5.69 Å². The normalized spacial score (nSPS) is 17.2. The lowest BCUT2D eigenvalue weighted by molar-refractivity contribution is -0.384. The molecule has 8 heteroatoms. The summed E-state index contributed by atoms with van der Waals surface area (Å²) < 4.78 is 0. The Balaban J connectivity index is 1.93. The molecule has 0 bridgehead atoms. The molecule has 1 saturated heterocycles. The number of aryl methyl sites for hydroxylation is 2. The molecule has 2 aromatic rings. The molecule has 2 N–H and O–H groups in total. The van der Waals surface area contributed by atoms with Crippen LogP contribution in [-0.4, -0.2) is 37.6 Å². The first kappa shape index (κ1) is 16.0. The summed E-state index contributed by atoms with van der Waals surface area (Å²) in [6.07, 6.45) is 1.68. The number of nitrogens with zero attached hydrogens (tertiary/aromatic N) is 3. The Morgan fingerprint density at radius 3 is 2.79 bits per heavy atom. The van der Waals surface area contributed by atoms with Gasteiger partial charge in [0.1, 0.15) is 5.75 Å². The molecular weight excluding hydrogens is 312 g/mol. The number of carbonyl (C=O) groups excluding carboxylic acids is 1. The van der Waals surface area contributed by atoms with Crippen LogP contribution < -0.4 is 0 Å². The zero-order valence-electron chi connectivity index (χ0n) is 13.4. The van der Waals surface area contributed by atoms with Crippen LogP contribution in [0.15, 0.2) is 18.2 Å². The van der Waals surface area contributed by atoms with Gasteiger partial charge in [0.2, 0.25) is 0 Å². The zero-order valence-corrected chi connectivity index (χ0v) is 13.4. The average molecular weight is 330 g/mol. The van der Waals surface area contributed by atoms with Crippen LogP contribution in [-0.2, 0) is 0 Å². The average Bonchev–Trinajstić information content (AvgIpc) is 3.13. The number of aromatic amines is 1. The van der Waals surface area contributed by atoms with E-state index < -0.39 is 4.92 Å². The lowest BCUT2D eigenvalue weighted by Crippen LogP contribution is -2.31. The van der Waals surface area contributed by atoms with Crippen molar-refractivity contribution >= 4 is 11.6 Å². The second kappa shape index (κ2) is 5.95. The first-order valence-corrected chi connectivity index (χ1v) is 7.70. The zero-order chi connectivity index (χ0) is 17.4. The van der Waals surface area contributed by atoms with E-state index in [0.29, 0.717) is 6.54 Å². The highest BCUT2D eigenvalue weighted by atomic mass is 16.6. The standard InChI is InChI=1S/C16H18N4O4/c1-9-15(10(2)18-17-9)13-4-3-7-19(13)16(22)12-6-5-11(20(23)24)8-14(12)21/h5-6,8,13,21H,3-4,7H2,1-2H3,(H,17,18). The largest absolute Gasteiger partial charge is 0.507 e. The fraction of sp³-hybridized carbons (Fsp3) is 0.375. The lowest BCUT2D eigenvalue weighted by Gasteiger charge is -2.25. The van der Waals surface area contributed by atoms with Gasteiger partial charge in [0.05, 0.1) is 28.3 Å². The Morgan fingerprint density at radius 1 is 1.46 bits per heavy atom. The number of hydrogen-bond donors (Lipinski definition) is 2. The Hall–Kier alpha value is -2.90. The number of nitro groups is 1. The Morgan fingerprint density at radius 2 is 2.21 bits per heavy atom. The highest BCUT2D eigenvalue weighted by Crippen LogP contribution is 2.37. The van der Waals surface area contributed by atoms with Crippen molar-refractivity contribution in [3.63, 3.8) is 0 Å². The van der Waals surface area contributed by atoms with Crippen LogP contribution in [0.1, 0.15) is 46.2 Å². The Kier molecular flexibility index (Phi) is 3.96. The fourth-order valence-corrected chi connectivity index (χ4v) is 3.33. The van der Waals surface area contributed by atoms with Gasteiger partial charge in [-0.1, -0.05) is 0 Å². The number of phenolic OH excluding ortho intramolecular Hbond substituents is 1. The van der Waals surface area contributed by atoms with Gasteiger partial charge < -0.3 is 10.0 Å². The van der Waals surface area contributed by atoms with Gasteiger partial charge >= 0.3 is 0 Å². The molecule has 1 unspecified atom stereocenters. The van der Waals surface area contributed by atoms with E-state index in [1.165, 1.54) is 12.1 Å². The molecular formula is C16H18N4O4. The third-order valence-electron chi connectivity index (χ3n) is 4.45. The van der Waals surface area contributed by atoms with E-state index in [2.05, 4.69) is 10.2 Å². The van der Waals surface area contributed by atoms with E-state index in [0.717, 1.165) is 35.9 Å². The number of aromatic nitrogens is 2. The van der Waals surface area contributed by atoms with Crippen molar-refractivity contribution in [2.24, 2.45) is 0 Å². The summed E-state index contributed by atoms with van der Waals surface area (Å²) in [6, 6.07) is 3.44. The molecule has 0 saturated carbocycles. The molecule has 2 heterocycles. The topological polar surface area (TPSA) is 112 Å². The van der Waals surface area contributed by atoms with Crippen LogP contribution in [0, 0.1) is 24.0 Å². The molecule has 1 aromatic heterocycles. The summed E-state index contributed by atoms with van der Waals surface area (Å²) >= 11 is 0. The molecule has 1 atom stereocenters. The summed E-state index contributed by atoms with van der Waals surface area (Å²) in [6.45, 7) is 4.38. The predicted molar refractivity (Wildman–Crippen MR) is 85.8 cm³/mol. The van der Waals surface area contributed by atoms with Crippen molar-refractivity contribution in [3.8, 4) is 5.75 Å². The highest BCUT2D eigenvalue weighted by molar-refractivity contribution is 5.97. The van der Waals surface area contributed by atoms with E-state index in [1.807, 2.05) is 13.8 Å². The lowest BCUT2D eigenvalue weighted by atomic mass is 10.0. The van der Waals surface area contributed by atoms with Gasteiger partial charge in [-0.05, 0) is 32.8 Å². The molecule has 1 aliphatic rings. The van der Waals surface area contributed by atoms with Gasteiger partial charge in [-0.15, -0.1) is 0 Å². The highest BCUT2D eigenvalue weighted by Gasteiger charge is 2.34. The van der Waals surface area contributed by atoms with Crippen molar-refractivity contribution in [3.05, 3.63) is 50.8 Å². The molecule has 0 radical (unpaired) electrons. The minimum absolute atomic E-state index is 0.0753. The third-order valence-corrected chi connectivity index (χ3v) is 4.45. The van der Waals surface area contributed by atoms with Crippen molar-refractivity contribution in [2.75, 3.05) is 6.54 Å². The smallest absolute Gasteiger partial charge is 0.273 e. The maximum atomic E-state index is 12.8.